The predicted molar refractivity (Wildman–Crippen MR) is 105 cm³/mol. The maximum atomic E-state index is 12.4. The number of carbonyl (C=O) groups excluding carboxylic acids is 1. The highest BCUT2D eigenvalue weighted by Crippen LogP contribution is 2.33. The molecule has 0 aliphatic carbocycles. The molecule has 0 unspecified atom stereocenters. The average molecular weight is 397 g/mol. The third kappa shape index (κ3) is 3.60. The smallest absolute Gasteiger partial charge is 0.270 e. The van der Waals surface area contributed by atoms with E-state index in [9.17, 15) is 4.79 Å². The quantitative estimate of drug-likeness (QED) is 0.520. The second-order valence-corrected chi connectivity index (χ2v) is 7.06. The summed E-state index contributed by atoms with van der Waals surface area (Å²) in [7, 11) is 0. The van der Waals surface area contributed by atoms with Crippen molar-refractivity contribution in [1.29, 1.82) is 0 Å². The molecule has 0 aliphatic rings. The SMILES string of the molecule is Cc1nc(NC(=O)c2ccccc2Cl)sc1-c1nc(-c2ccccc2)no1. The van der Waals surface area contributed by atoms with Crippen LogP contribution in [-0.4, -0.2) is 21.0 Å². The highest BCUT2D eigenvalue weighted by Gasteiger charge is 2.19. The van der Waals surface area contributed by atoms with Gasteiger partial charge in [-0.3, -0.25) is 10.1 Å². The number of hydrogen-bond donors (Lipinski definition) is 1. The Labute approximate surface area is 163 Å². The highest BCUT2D eigenvalue weighted by atomic mass is 35.5. The second kappa shape index (κ2) is 7.30. The first-order chi connectivity index (χ1) is 13.1. The van der Waals surface area contributed by atoms with E-state index in [-0.39, 0.29) is 5.91 Å². The monoisotopic (exact) mass is 396 g/mol. The van der Waals surface area contributed by atoms with E-state index in [0.29, 0.717) is 38.0 Å². The Morgan fingerprint density at radius 3 is 2.59 bits per heavy atom. The molecule has 134 valence electrons. The van der Waals surface area contributed by atoms with Crippen LogP contribution in [0, 0.1) is 6.92 Å². The number of nitrogens with zero attached hydrogens (tertiary/aromatic N) is 3. The number of thiazole rings is 1. The minimum Gasteiger partial charge on any atom is -0.333 e. The van der Waals surface area contributed by atoms with Crippen LogP contribution in [0.1, 0.15) is 16.1 Å². The van der Waals surface area contributed by atoms with Gasteiger partial charge in [0, 0.05) is 5.56 Å². The molecule has 2 heterocycles. The Morgan fingerprint density at radius 1 is 1.07 bits per heavy atom. The van der Waals surface area contributed by atoms with E-state index in [0.717, 1.165) is 5.56 Å². The van der Waals surface area contributed by atoms with Gasteiger partial charge in [-0.2, -0.15) is 4.98 Å². The topological polar surface area (TPSA) is 80.9 Å². The molecule has 1 N–H and O–H groups in total. The number of amides is 1. The van der Waals surface area contributed by atoms with Crippen LogP contribution in [-0.2, 0) is 0 Å². The standard InChI is InChI=1S/C19H13ClN4O2S/c1-11-15(18-22-16(24-26-18)12-7-3-2-4-8-12)27-19(21-11)23-17(25)13-9-5-6-10-14(13)20/h2-10H,1H3,(H,21,23,25). The lowest BCUT2D eigenvalue weighted by molar-refractivity contribution is 0.102. The van der Waals surface area contributed by atoms with Gasteiger partial charge < -0.3 is 4.52 Å². The van der Waals surface area contributed by atoms with Crippen LogP contribution in [0.5, 0.6) is 0 Å². The number of rotatable bonds is 4. The second-order valence-electron chi connectivity index (χ2n) is 5.66. The van der Waals surface area contributed by atoms with E-state index in [1.165, 1.54) is 11.3 Å². The van der Waals surface area contributed by atoms with Gasteiger partial charge in [-0.1, -0.05) is 70.6 Å². The lowest BCUT2D eigenvalue weighted by Crippen LogP contribution is -2.12. The first-order valence-electron chi connectivity index (χ1n) is 8.04. The van der Waals surface area contributed by atoms with Crippen molar-refractivity contribution < 1.29 is 9.32 Å². The van der Waals surface area contributed by atoms with Gasteiger partial charge in [0.15, 0.2) is 5.13 Å². The molecular formula is C19H13ClN4O2S. The molecule has 27 heavy (non-hydrogen) atoms. The van der Waals surface area contributed by atoms with Crippen LogP contribution >= 0.6 is 22.9 Å². The summed E-state index contributed by atoms with van der Waals surface area (Å²) in [6.45, 7) is 1.82. The van der Waals surface area contributed by atoms with E-state index >= 15 is 0 Å². The van der Waals surface area contributed by atoms with Gasteiger partial charge in [-0.15, -0.1) is 0 Å². The van der Waals surface area contributed by atoms with E-state index in [4.69, 9.17) is 16.1 Å². The van der Waals surface area contributed by atoms with Gasteiger partial charge in [0.2, 0.25) is 5.82 Å². The Balaban J connectivity index is 1.58. The summed E-state index contributed by atoms with van der Waals surface area (Å²) >= 11 is 7.34. The fraction of sp³-hybridized carbons (Fsp3) is 0.0526. The molecule has 2 aromatic heterocycles. The molecule has 8 heteroatoms. The summed E-state index contributed by atoms with van der Waals surface area (Å²) in [6.07, 6.45) is 0. The predicted octanol–water partition coefficient (Wildman–Crippen LogP) is 5.07. The molecule has 0 bridgehead atoms. The zero-order valence-corrected chi connectivity index (χ0v) is 15.7. The summed E-state index contributed by atoms with van der Waals surface area (Å²) in [5.41, 5.74) is 1.94. The number of carbonyl (C=O) groups is 1. The maximum absolute atomic E-state index is 12.4. The molecule has 0 aliphatic heterocycles. The molecule has 4 aromatic rings. The fourth-order valence-electron chi connectivity index (χ4n) is 2.48. The third-order valence-electron chi connectivity index (χ3n) is 3.79. The molecule has 0 saturated heterocycles. The van der Waals surface area contributed by atoms with Crippen LogP contribution in [0.15, 0.2) is 59.1 Å². The molecule has 0 atom stereocenters. The average Bonchev–Trinajstić information content (AvgIpc) is 3.29. The molecule has 2 aromatic carbocycles. The van der Waals surface area contributed by atoms with E-state index in [2.05, 4.69) is 20.4 Å². The lowest BCUT2D eigenvalue weighted by atomic mass is 10.2. The molecule has 4 rings (SSSR count). The van der Waals surface area contributed by atoms with Crippen LogP contribution in [0.4, 0.5) is 5.13 Å². The Morgan fingerprint density at radius 2 is 1.81 bits per heavy atom. The largest absolute Gasteiger partial charge is 0.333 e. The molecule has 0 spiro atoms. The van der Waals surface area contributed by atoms with Crippen LogP contribution in [0.25, 0.3) is 22.2 Å². The zero-order chi connectivity index (χ0) is 18.8. The molecule has 0 radical (unpaired) electrons. The van der Waals surface area contributed by atoms with Gasteiger partial charge in [0.05, 0.1) is 16.3 Å². The van der Waals surface area contributed by atoms with Crippen molar-refractivity contribution in [3.8, 4) is 22.2 Å². The van der Waals surface area contributed by atoms with Crippen LogP contribution in [0.2, 0.25) is 5.02 Å². The third-order valence-corrected chi connectivity index (χ3v) is 5.18. The number of aromatic nitrogens is 3. The molecule has 0 fully saturated rings. The number of halogens is 1. The van der Waals surface area contributed by atoms with Crippen molar-refractivity contribution in [2.75, 3.05) is 5.32 Å². The summed E-state index contributed by atoms with van der Waals surface area (Å²) in [5, 5.41) is 7.60. The minimum atomic E-state index is -0.323. The van der Waals surface area contributed by atoms with E-state index in [1.807, 2.05) is 37.3 Å². The molecule has 1 amide bonds. The maximum Gasteiger partial charge on any atom is 0.270 e. The van der Waals surface area contributed by atoms with Crippen molar-refractivity contribution >= 4 is 34.0 Å². The van der Waals surface area contributed by atoms with Crippen molar-refractivity contribution in [3.05, 3.63) is 70.9 Å². The van der Waals surface area contributed by atoms with Crippen molar-refractivity contribution in [2.45, 2.75) is 6.92 Å². The number of hydrogen-bond acceptors (Lipinski definition) is 6. The molecule has 0 saturated carbocycles. The minimum absolute atomic E-state index is 0.323. The number of benzene rings is 2. The van der Waals surface area contributed by atoms with Crippen LogP contribution < -0.4 is 5.32 Å². The molecular weight excluding hydrogens is 384 g/mol. The van der Waals surface area contributed by atoms with E-state index < -0.39 is 0 Å². The summed E-state index contributed by atoms with van der Waals surface area (Å²) in [5.74, 6) is 0.540. The van der Waals surface area contributed by atoms with Gasteiger partial charge in [-0.05, 0) is 19.1 Å². The van der Waals surface area contributed by atoms with Gasteiger partial charge in [0.1, 0.15) is 4.88 Å². The Hall–Kier alpha value is -3.03. The van der Waals surface area contributed by atoms with Gasteiger partial charge in [-0.25, -0.2) is 4.98 Å². The lowest BCUT2D eigenvalue weighted by Gasteiger charge is -2.03. The zero-order valence-electron chi connectivity index (χ0n) is 14.1. The van der Waals surface area contributed by atoms with Crippen molar-refractivity contribution in [1.82, 2.24) is 15.1 Å². The number of aryl methyl sites for hydroxylation is 1. The van der Waals surface area contributed by atoms with Crippen molar-refractivity contribution in [3.63, 3.8) is 0 Å². The van der Waals surface area contributed by atoms with E-state index in [1.54, 1.807) is 24.3 Å². The van der Waals surface area contributed by atoms with Crippen LogP contribution in [0.3, 0.4) is 0 Å². The van der Waals surface area contributed by atoms with Gasteiger partial charge >= 0.3 is 0 Å². The van der Waals surface area contributed by atoms with Crippen molar-refractivity contribution in [2.24, 2.45) is 0 Å². The first-order valence-corrected chi connectivity index (χ1v) is 9.24. The van der Waals surface area contributed by atoms with Gasteiger partial charge in [0.25, 0.3) is 11.8 Å². The summed E-state index contributed by atoms with van der Waals surface area (Å²) < 4.78 is 5.38. The summed E-state index contributed by atoms with van der Waals surface area (Å²) in [4.78, 5) is 21.9. The fourth-order valence-corrected chi connectivity index (χ4v) is 3.58. The number of nitrogens with one attached hydrogen (secondary N) is 1. The Kier molecular flexibility index (Phi) is 4.70. The molecule has 6 nitrogen and oxygen atoms in total. The first kappa shape index (κ1) is 17.4. The highest BCUT2D eigenvalue weighted by molar-refractivity contribution is 7.19. The normalized spacial score (nSPS) is 10.7. The Bertz CT molecular complexity index is 1110. The summed E-state index contributed by atoms with van der Waals surface area (Å²) in [6, 6.07) is 16.4. The number of anilines is 1.